The van der Waals surface area contributed by atoms with Crippen molar-refractivity contribution in [2.24, 2.45) is 0 Å². The maximum atomic E-state index is 13.1. The summed E-state index contributed by atoms with van der Waals surface area (Å²) in [7, 11) is 7.61. The first-order valence-corrected chi connectivity index (χ1v) is 10.4. The van der Waals surface area contributed by atoms with Crippen LogP contribution in [0.1, 0.15) is 37.3 Å². The lowest BCUT2D eigenvalue weighted by Crippen LogP contribution is -2.31. The van der Waals surface area contributed by atoms with E-state index in [0.29, 0.717) is 53.0 Å². The van der Waals surface area contributed by atoms with Crippen LogP contribution in [0, 0.1) is 0 Å². The Labute approximate surface area is 189 Å². The third-order valence-electron chi connectivity index (χ3n) is 5.48. The second-order valence-electron chi connectivity index (χ2n) is 7.04. The fraction of sp³-hybridized carbons (Fsp3) is 0.458. The number of aromatic hydroxyl groups is 1. The topological polar surface area (TPSA) is 86.7 Å². The fourth-order valence-corrected chi connectivity index (χ4v) is 3.79. The molecule has 1 N–H and O–H groups in total. The van der Waals surface area contributed by atoms with E-state index in [-0.39, 0.29) is 18.1 Å². The smallest absolute Gasteiger partial charge is 0.223 e. The first kappa shape index (κ1) is 25.0. The van der Waals surface area contributed by atoms with Gasteiger partial charge in [0.15, 0.2) is 11.5 Å². The second kappa shape index (κ2) is 11.4. The van der Waals surface area contributed by atoms with E-state index >= 15 is 0 Å². The van der Waals surface area contributed by atoms with Crippen LogP contribution in [-0.2, 0) is 4.79 Å². The molecule has 0 saturated heterocycles. The van der Waals surface area contributed by atoms with Gasteiger partial charge in [-0.1, -0.05) is 0 Å². The van der Waals surface area contributed by atoms with Crippen LogP contribution in [0.5, 0.6) is 34.5 Å². The molecule has 0 spiro atoms. The molecule has 2 aromatic rings. The summed E-state index contributed by atoms with van der Waals surface area (Å²) in [6, 6.07) is 6.75. The highest BCUT2D eigenvalue weighted by atomic mass is 16.5. The van der Waals surface area contributed by atoms with Gasteiger partial charge in [-0.2, -0.15) is 0 Å². The minimum atomic E-state index is -0.544. The average Bonchev–Trinajstić information content (AvgIpc) is 2.81. The van der Waals surface area contributed by atoms with Crippen molar-refractivity contribution in [3.05, 3.63) is 35.4 Å². The fourth-order valence-electron chi connectivity index (χ4n) is 3.79. The first-order chi connectivity index (χ1) is 15.4. The molecule has 0 radical (unpaired) electrons. The summed E-state index contributed by atoms with van der Waals surface area (Å²) in [5.74, 6) is 1.58. The number of benzene rings is 2. The third kappa shape index (κ3) is 5.12. The van der Waals surface area contributed by atoms with Gasteiger partial charge in [-0.25, -0.2) is 0 Å². The van der Waals surface area contributed by atoms with Gasteiger partial charge in [0.2, 0.25) is 11.7 Å². The van der Waals surface area contributed by atoms with E-state index in [4.69, 9.17) is 23.7 Å². The number of nitrogens with zero attached hydrogens (tertiary/aromatic N) is 1. The summed E-state index contributed by atoms with van der Waals surface area (Å²) >= 11 is 0. The molecule has 0 bridgehead atoms. The lowest BCUT2D eigenvalue weighted by atomic mass is 9.86. The number of phenolic OH excluding ortho intramolecular Hbond substituents is 1. The van der Waals surface area contributed by atoms with Gasteiger partial charge in [0.1, 0.15) is 17.2 Å². The molecule has 2 aromatic carbocycles. The average molecular weight is 448 g/mol. The lowest BCUT2D eigenvalue weighted by molar-refractivity contribution is -0.131. The molecular formula is C24H33NO7. The third-order valence-corrected chi connectivity index (χ3v) is 5.48. The zero-order chi connectivity index (χ0) is 23.8. The first-order valence-electron chi connectivity index (χ1n) is 10.4. The molecule has 0 aromatic heterocycles. The zero-order valence-corrected chi connectivity index (χ0v) is 19.9. The number of methoxy groups -OCH3 is 5. The molecule has 0 unspecified atom stereocenters. The molecule has 0 aliphatic rings. The second-order valence-corrected chi connectivity index (χ2v) is 7.04. The minimum Gasteiger partial charge on any atom is -0.507 e. The lowest BCUT2D eigenvalue weighted by Gasteiger charge is -2.26. The summed E-state index contributed by atoms with van der Waals surface area (Å²) in [4.78, 5) is 14.9. The van der Waals surface area contributed by atoms with Crippen molar-refractivity contribution >= 4 is 5.91 Å². The van der Waals surface area contributed by atoms with Crippen LogP contribution in [0.15, 0.2) is 24.3 Å². The summed E-state index contributed by atoms with van der Waals surface area (Å²) in [5.41, 5.74) is 1.18. The number of carbonyl (C=O) groups excluding carboxylic acids is 1. The van der Waals surface area contributed by atoms with Crippen LogP contribution in [0.2, 0.25) is 0 Å². The quantitative estimate of drug-likeness (QED) is 0.560. The van der Waals surface area contributed by atoms with Gasteiger partial charge >= 0.3 is 0 Å². The number of hydrogen-bond acceptors (Lipinski definition) is 7. The van der Waals surface area contributed by atoms with Crippen molar-refractivity contribution in [2.75, 3.05) is 48.6 Å². The molecule has 8 heteroatoms. The molecule has 176 valence electrons. The van der Waals surface area contributed by atoms with Gasteiger partial charge in [0, 0.05) is 43.1 Å². The van der Waals surface area contributed by atoms with E-state index in [2.05, 4.69) is 0 Å². The minimum absolute atomic E-state index is 0.0349. The molecule has 1 atom stereocenters. The predicted molar refractivity (Wildman–Crippen MR) is 122 cm³/mol. The van der Waals surface area contributed by atoms with Crippen LogP contribution in [0.3, 0.4) is 0 Å². The van der Waals surface area contributed by atoms with Crippen molar-refractivity contribution in [1.82, 2.24) is 4.90 Å². The Morgan fingerprint density at radius 1 is 0.844 bits per heavy atom. The number of carbonyl (C=O) groups is 1. The van der Waals surface area contributed by atoms with E-state index in [1.165, 1.54) is 41.6 Å². The van der Waals surface area contributed by atoms with E-state index < -0.39 is 5.92 Å². The van der Waals surface area contributed by atoms with Gasteiger partial charge in [0.25, 0.3) is 0 Å². The highest BCUT2D eigenvalue weighted by molar-refractivity contribution is 5.78. The van der Waals surface area contributed by atoms with Crippen molar-refractivity contribution in [1.29, 1.82) is 0 Å². The monoisotopic (exact) mass is 447 g/mol. The molecule has 0 aliphatic carbocycles. The maximum Gasteiger partial charge on any atom is 0.223 e. The molecule has 2 rings (SSSR count). The molecule has 0 aliphatic heterocycles. The van der Waals surface area contributed by atoms with Crippen LogP contribution >= 0.6 is 0 Å². The Morgan fingerprint density at radius 3 is 1.84 bits per heavy atom. The summed E-state index contributed by atoms with van der Waals surface area (Å²) < 4.78 is 27.3. The van der Waals surface area contributed by atoms with Gasteiger partial charge in [-0.05, 0) is 31.5 Å². The van der Waals surface area contributed by atoms with Gasteiger partial charge in [-0.3, -0.25) is 4.79 Å². The number of phenols is 1. The Balaban J connectivity index is 2.75. The Bertz CT molecular complexity index is 900. The summed E-state index contributed by atoms with van der Waals surface area (Å²) in [6.07, 6.45) is 0.108. The SMILES string of the molecule is CCN(CC)C(=O)C[C@H](c1cc(OC)c(OC)c(OC)c1)c1c(O)cc(OC)cc1OC. The van der Waals surface area contributed by atoms with Gasteiger partial charge in [-0.15, -0.1) is 0 Å². The molecule has 0 saturated carbocycles. The van der Waals surface area contributed by atoms with E-state index in [1.807, 2.05) is 13.8 Å². The largest absolute Gasteiger partial charge is 0.507 e. The Kier molecular flexibility index (Phi) is 8.87. The zero-order valence-electron chi connectivity index (χ0n) is 19.9. The normalized spacial score (nSPS) is 11.5. The standard InChI is InChI=1S/C24H33NO7/c1-8-25(9-2)22(27)14-17(23-18(26)12-16(28-3)13-19(23)29-4)15-10-20(30-5)24(32-7)21(11-15)31-6/h10-13,17,26H,8-9,14H2,1-7H3/t17-/m1/s1. The number of amides is 1. The van der Waals surface area contributed by atoms with Crippen LogP contribution in [0.25, 0.3) is 0 Å². The summed E-state index contributed by atoms with van der Waals surface area (Å²) in [6.45, 7) is 5.04. The van der Waals surface area contributed by atoms with E-state index in [9.17, 15) is 9.90 Å². The van der Waals surface area contributed by atoms with E-state index in [1.54, 1.807) is 23.1 Å². The van der Waals surface area contributed by atoms with Crippen LogP contribution < -0.4 is 23.7 Å². The molecule has 0 heterocycles. The summed E-state index contributed by atoms with van der Waals surface area (Å²) in [5, 5.41) is 10.9. The van der Waals surface area contributed by atoms with Gasteiger partial charge < -0.3 is 33.7 Å². The molecular weight excluding hydrogens is 414 g/mol. The highest BCUT2D eigenvalue weighted by Gasteiger charge is 2.29. The van der Waals surface area contributed by atoms with Crippen LogP contribution in [0.4, 0.5) is 0 Å². The number of rotatable bonds is 11. The van der Waals surface area contributed by atoms with Gasteiger partial charge in [0.05, 0.1) is 35.5 Å². The highest BCUT2D eigenvalue weighted by Crippen LogP contribution is 2.47. The number of ether oxygens (including phenoxy) is 5. The predicted octanol–water partition coefficient (Wildman–Crippen LogP) is 3.83. The molecule has 0 fully saturated rings. The Morgan fingerprint density at radius 2 is 1.41 bits per heavy atom. The molecule has 1 amide bonds. The van der Waals surface area contributed by atoms with Crippen molar-refractivity contribution < 1.29 is 33.6 Å². The number of hydrogen-bond donors (Lipinski definition) is 1. The van der Waals surface area contributed by atoms with Crippen molar-refractivity contribution in [3.8, 4) is 34.5 Å². The van der Waals surface area contributed by atoms with E-state index in [0.717, 1.165) is 0 Å². The Hall–Kier alpha value is -3.29. The van der Waals surface area contributed by atoms with Crippen molar-refractivity contribution in [2.45, 2.75) is 26.2 Å². The molecule has 8 nitrogen and oxygen atoms in total. The van der Waals surface area contributed by atoms with Crippen LogP contribution in [-0.4, -0.2) is 64.6 Å². The molecule has 32 heavy (non-hydrogen) atoms. The van der Waals surface area contributed by atoms with Crippen molar-refractivity contribution in [3.63, 3.8) is 0 Å². The maximum absolute atomic E-state index is 13.1.